The van der Waals surface area contributed by atoms with Gasteiger partial charge in [0.25, 0.3) is 0 Å². The van der Waals surface area contributed by atoms with E-state index < -0.39 is 0 Å². The molecule has 0 amide bonds. The molecule has 0 radical (unpaired) electrons. The van der Waals surface area contributed by atoms with Gasteiger partial charge in [-0.05, 0) is 37.1 Å². The zero-order valence-electron chi connectivity index (χ0n) is 11.3. The third-order valence-electron chi connectivity index (χ3n) is 3.26. The molecule has 0 unspecified atom stereocenters. The summed E-state index contributed by atoms with van der Waals surface area (Å²) in [6.45, 7) is 2.22. The van der Waals surface area contributed by atoms with Crippen molar-refractivity contribution in [2.45, 2.75) is 18.9 Å². The summed E-state index contributed by atoms with van der Waals surface area (Å²) < 4.78 is 0. The minimum atomic E-state index is 0.473. The molecule has 1 fully saturated rings. The van der Waals surface area contributed by atoms with Gasteiger partial charge < -0.3 is 11.1 Å². The Hall–Kier alpha value is -1.64. The summed E-state index contributed by atoms with van der Waals surface area (Å²) in [5.74, 6) is 0. The predicted octanol–water partition coefficient (Wildman–Crippen LogP) is 3.05. The normalized spacial score (nSPS) is 15.4. The average molecular weight is 254 g/mol. The van der Waals surface area contributed by atoms with Gasteiger partial charge in [0.15, 0.2) is 0 Å². The zero-order valence-corrected chi connectivity index (χ0v) is 11.3. The van der Waals surface area contributed by atoms with E-state index >= 15 is 0 Å². The molecule has 2 heteroatoms. The third kappa shape index (κ3) is 4.86. The Labute approximate surface area is 115 Å². The lowest BCUT2D eigenvalue weighted by atomic mass is 10.1. The third-order valence-corrected chi connectivity index (χ3v) is 3.26. The van der Waals surface area contributed by atoms with E-state index in [-0.39, 0.29) is 0 Å². The fraction of sp³-hybridized carbons (Fsp3) is 0.294. The average Bonchev–Trinajstić information content (AvgIpc) is 2.51. The molecule has 0 saturated carbocycles. The first-order valence-electron chi connectivity index (χ1n) is 6.93. The van der Waals surface area contributed by atoms with Gasteiger partial charge in [0.2, 0.25) is 0 Å². The highest BCUT2D eigenvalue weighted by Crippen LogP contribution is 2.17. The highest BCUT2D eigenvalue weighted by atomic mass is 14.9. The maximum absolute atomic E-state index is 5.59. The van der Waals surface area contributed by atoms with E-state index in [1.54, 1.807) is 0 Å². The SMILES string of the molecule is NC1CCNCC1.c1ccc(-c2ccccc2)cc1. The molecule has 3 rings (SSSR count). The maximum Gasteiger partial charge on any atom is 0.00629 e. The fourth-order valence-electron chi connectivity index (χ4n) is 2.11. The molecule has 0 aliphatic carbocycles. The topological polar surface area (TPSA) is 38.0 Å². The van der Waals surface area contributed by atoms with Crippen LogP contribution in [0.1, 0.15) is 12.8 Å². The molecule has 2 nitrogen and oxygen atoms in total. The molecule has 3 N–H and O–H groups in total. The van der Waals surface area contributed by atoms with Crippen molar-refractivity contribution in [3.8, 4) is 11.1 Å². The zero-order chi connectivity index (χ0) is 13.3. The van der Waals surface area contributed by atoms with Gasteiger partial charge in [-0.1, -0.05) is 60.7 Å². The number of hydrogen-bond donors (Lipinski definition) is 2. The number of piperidine rings is 1. The molecule has 2 aromatic carbocycles. The summed E-state index contributed by atoms with van der Waals surface area (Å²) in [5.41, 5.74) is 8.15. The Morgan fingerprint density at radius 3 is 1.47 bits per heavy atom. The van der Waals surface area contributed by atoms with Crippen LogP contribution >= 0.6 is 0 Å². The molecule has 0 aromatic heterocycles. The Morgan fingerprint density at radius 1 is 0.737 bits per heavy atom. The van der Waals surface area contributed by atoms with Crippen LogP contribution in [0.3, 0.4) is 0 Å². The molecule has 2 aromatic rings. The van der Waals surface area contributed by atoms with Crippen LogP contribution in [-0.4, -0.2) is 19.1 Å². The maximum atomic E-state index is 5.59. The lowest BCUT2D eigenvalue weighted by Gasteiger charge is -2.17. The lowest BCUT2D eigenvalue weighted by molar-refractivity contribution is 0.458. The molecule has 1 saturated heterocycles. The van der Waals surface area contributed by atoms with Crippen molar-refractivity contribution in [2.24, 2.45) is 5.73 Å². The van der Waals surface area contributed by atoms with Crippen molar-refractivity contribution >= 4 is 0 Å². The number of hydrogen-bond acceptors (Lipinski definition) is 2. The van der Waals surface area contributed by atoms with Gasteiger partial charge in [0, 0.05) is 6.04 Å². The quantitative estimate of drug-likeness (QED) is 0.821. The minimum absolute atomic E-state index is 0.473. The monoisotopic (exact) mass is 254 g/mol. The van der Waals surface area contributed by atoms with Crippen molar-refractivity contribution in [3.63, 3.8) is 0 Å². The summed E-state index contributed by atoms with van der Waals surface area (Å²) in [6.07, 6.45) is 2.31. The second-order valence-corrected chi connectivity index (χ2v) is 4.82. The molecule has 100 valence electrons. The van der Waals surface area contributed by atoms with E-state index in [0.717, 1.165) is 25.9 Å². The van der Waals surface area contributed by atoms with Crippen molar-refractivity contribution in [1.29, 1.82) is 0 Å². The highest BCUT2D eigenvalue weighted by molar-refractivity contribution is 5.62. The van der Waals surface area contributed by atoms with Crippen LogP contribution in [0.2, 0.25) is 0 Å². The summed E-state index contributed by atoms with van der Waals surface area (Å²) in [7, 11) is 0. The van der Waals surface area contributed by atoms with Gasteiger partial charge in [-0.15, -0.1) is 0 Å². The predicted molar refractivity (Wildman–Crippen MR) is 82.0 cm³/mol. The van der Waals surface area contributed by atoms with E-state index in [2.05, 4.69) is 53.8 Å². The van der Waals surface area contributed by atoms with E-state index in [4.69, 9.17) is 5.73 Å². The smallest absolute Gasteiger partial charge is 0.00629 e. The Bertz CT molecular complexity index is 410. The molecule has 1 heterocycles. The number of rotatable bonds is 1. The molecule has 19 heavy (non-hydrogen) atoms. The summed E-state index contributed by atoms with van der Waals surface area (Å²) in [5, 5.41) is 3.24. The molecule has 0 spiro atoms. The Kier molecular flexibility index (Phi) is 5.60. The van der Waals surface area contributed by atoms with E-state index in [0.29, 0.717) is 6.04 Å². The standard InChI is InChI=1S/C12H10.C5H12N2/c1-3-7-11(8-4-1)12-9-5-2-6-10-12;6-5-1-3-7-4-2-5/h1-10H;5,7H,1-4,6H2. The summed E-state index contributed by atoms with van der Waals surface area (Å²) >= 11 is 0. The van der Waals surface area contributed by atoms with Crippen LogP contribution in [0, 0.1) is 0 Å². The minimum Gasteiger partial charge on any atom is -0.328 e. The number of nitrogens with one attached hydrogen (secondary N) is 1. The van der Waals surface area contributed by atoms with E-state index in [1.165, 1.54) is 11.1 Å². The van der Waals surface area contributed by atoms with Gasteiger partial charge >= 0.3 is 0 Å². The van der Waals surface area contributed by atoms with Crippen LogP contribution in [0.4, 0.5) is 0 Å². The fourth-order valence-corrected chi connectivity index (χ4v) is 2.11. The Morgan fingerprint density at radius 2 is 1.16 bits per heavy atom. The van der Waals surface area contributed by atoms with Crippen LogP contribution in [0.15, 0.2) is 60.7 Å². The van der Waals surface area contributed by atoms with Gasteiger partial charge in [0.05, 0.1) is 0 Å². The molecule has 1 aliphatic rings. The first-order chi connectivity index (χ1) is 9.36. The Balaban J connectivity index is 0.000000163. The molecular weight excluding hydrogens is 232 g/mol. The molecule has 0 atom stereocenters. The van der Waals surface area contributed by atoms with Gasteiger partial charge in [-0.2, -0.15) is 0 Å². The van der Waals surface area contributed by atoms with Crippen LogP contribution < -0.4 is 11.1 Å². The van der Waals surface area contributed by atoms with Crippen LogP contribution in [0.5, 0.6) is 0 Å². The molecule has 1 aliphatic heterocycles. The lowest BCUT2D eigenvalue weighted by Crippen LogP contribution is -2.35. The molecule has 0 bridgehead atoms. The van der Waals surface area contributed by atoms with Crippen molar-refractivity contribution < 1.29 is 0 Å². The van der Waals surface area contributed by atoms with Crippen LogP contribution in [0.25, 0.3) is 11.1 Å². The largest absolute Gasteiger partial charge is 0.328 e. The second-order valence-electron chi connectivity index (χ2n) is 4.82. The second kappa shape index (κ2) is 7.72. The summed E-state index contributed by atoms with van der Waals surface area (Å²) in [4.78, 5) is 0. The van der Waals surface area contributed by atoms with Crippen LogP contribution in [-0.2, 0) is 0 Å². The highest BCUT2D eigenvalue weighted by Gasteiger charge is 2.05. The number of benzene rings is 2. The first kappa shape index (κ1) is 13.8. The van der Waals surface area contributed by atoms with Crippen molar-refractivity contribution in [3.05, 3.63) is 60.7 Å². The van der Waals surface area contributed by atoms with Crippen molar-refractivity contribution in [2.75, 3.05) is 13.1 Å². The molecular formula is C17H22N2. The van der Waals surface area contributed by atoms with Gasteiger partial charge in [-0.25, -0.2) is 0 Å². The van der Waals surface area contributed by atoms with Gasteiger partial charge in [-0.3, -0.25) is 0 Å². The first-order valence-corrected chi connectivity index (χ1v) is 6.93. The van der Waals surface area contributed by atoms with E-state index in [1.807, 2.05) is 12.1 Å². The van der Waals surface area contributed by atoms with E-state index in [9.17, 15) is 0 Å². The van der Waals surface area contributed by atoms with Crippen molar-refractivity contribution in [1.82, 2.24) is 5.32 Å². The van der Waals surface area contributed by atoms with Gasteiger partial charge in [0.1, 0.15) is 0 Å². The number of nitrogens with two attached hydrogens (primary N) is 1. The summed E-state index contributed by atoms with van der Waals surface area (Å²) in [6, 6.07) is 21.3.